The molecule has 1 fully saturated rings. The Morgan fingerprint density at radius 3 is 2.43 bits per heavy atom. The minimum atomic E-state index is -3.94. The van der Waals surface area contributed by atoms with Crippen LogP contribution in [-0.2, 0) is 19.6 Å². The molecule has 0 aromatic heterocycles. The number of hydrogen-bond acceptors (Lipinski definition) is 4. The smallest absolute Gasteiger partial charge is 0.310 e. The molecule has 1 saturated carbocycles. The van der Waals surface area contributed by atoms with Crippen LogP contribution in [0.1, 0.15) is 19.3 Å². The number of esters is 1. The van der Waals surface area contributed by atoms with Gasteiger partial charge < -0.3 is 4.74 Å². The van der Waals surface area contributed by atoms with Crippen molar-refractivity contribution in [3.63, 3.8) is 0 Å². The first-order valence-electron chi connectivity index (χ1n) is 6.39. The number of rotatable bonds is 4. The van der Waals surface area contributed by atoms with E-state index in [4.69, 9.17) is 0 Å². The summed E-state index contributed by atoms with van der Waals surface area (Å²) >= 11 is 0. The first kappa shape index (κ1) is 15.7. The van der Waals surface area contributed by atoms with Gasteiger partial charge in [0.2, 0.25) is 10.0 Å². The number of sulfonamides is 1. The molecule has 0 saturated heterocycles. The normalized spacial score (nSPS) is 22.0. The van der Waals surface area contributed by atoms with Gasteiger partial charge in [-0.2, -0.15) is 0 Å². The highest BCUT2D eigenvalue weighted by atomic mass is 32.2. The van der Waals surface area contributed by atoms with E-state index in [-0.39, 0.29) is 5.69 Å². The fraction of sp³-hybridized carbons (Fsp3) is 0.462. The van der Waals surface area contributed by atoms with E-state index in [9.17, 15) is 22.0 Å². The average Bonchev–Trinajstić information content (AvgIpc) is 2.85. The summed E-state index contributed by atoms with van der Waals surface area (Å²) in [6, 6.07) is 2.40. The molecule has 8 heteroatoms. The monoisotopic (exact) mass is 319 g/mol. The summed E-state index contributed by atoms with van der Waals surface area (Å²) in [5.41, 5.74) is -0.206. The van der Waals surface area contributed by atoms with E-state index in [0.717, 1.165) is 12.1 Å². The van der Waals surface area contributed by atoms with Crippen LogP contribution in [0.2, 0.25) is 0 Å². The van der Waals surface area contributed by atoms with Crippen LogP contribution in [0.3, 0.4) is 0 Å². The van der Waals surface area contributed by atoms with Crippen molar-refractivity contribution in [3.8, 4) is 0 Å². The highest BCUT2D eigenvalue weighted by Crippen LogP contribution is 2.33. The van der Waals surface area contributed by atoms with Gasteiger partial charge in [0.15, 0.2) is 0 Å². The van der Waals surface area contributed by atoms with Crippen molar-refractivity contribution in [2.45, 2.75) is 24.5 Å². The van der Waals surface area contributed by atoms with Gasteiger partial charge in [-0.25, -0.2) is 17.2 Å². The van der Waals surface area contributed by atoms with E-state index in [2.05, 4.69) is 9.46 Å². The summed E-state index contributed by atoms with van der Waals surface area (Å²) in [5.74, 6) is -3.12. The van der Waals surface area contributed by atoms with Crippen molar-refractivity contribution in [1.29, 1.82) is 0 Å². The second-order valence-corrected chi connectivity index (χ2v) is 6.80. The average molecular weight is 319 g/mol. The van der Waals surface area contributed by atoms with Crippen molar-refractivity contribution >= 4 is 21.7 Å². The van der Waals surface area contributed by atoms with Gasteiger partial charge in [-0.05, 0) is 25.0 Å². The quantitative estimate of drug-likeness (QED) is 0.862. The molecule has 1 aliphatic carbocycles. The summed E-state index contributed by atoms with van der Waals surface area (Å²) in [4.78, 5) is 11.6. The Balaban J connectivity index is 2.23. The van der Waals surface area contributed by atoms with Gasteiger partial charge in [0, 0.05) is 6.07 Å². The zero-order chi connectivity index (χ0) is 15.6. The number of anilines is 1. The van der Waals surface area contributed by atoms with Gasteiger partial charge in [0.1, 0.15) is 11.6 Å². The lowest BCUT2D eigenvalue weighted by molar-refractivity contribution is -0.145. The molecule has 1 N–H and O–H groups in total. The maximum absolute atomic E-state index is 13.1. The first-order chi connectivity index (χ1) is 9.83. The van der Waals surface area contributed by atoms with Gasteiger partial charge in [0.25, 0.3) is 0 Å². The van der Waals surface area contributed by atoms with Gasteiger partial charge in [-0.15, -0.1) is 0 Å². The van der Waals surface area contributed by atoms with Gasteiger partial charge in [-0.3, -0.25) is 9.52 Å². The Morgan fingerprint density at radius 1 is 1.24 bits per heavy atom. The molecule has 0 spiro atoms. The van der Waals surface area contributed by atoms with E-state index >= 15 is 0 Å². The number of hydrogen-bond donors (Lipinski definition) is 1. The van der Waals surface area contributed by atoms with E-state index in [1.54, 1.807) is 0 Å². The van der Waals surface area contributed by atoms with Crippen LogP contribution in [0.4, 0.5) is 14.5 Å². The van der Waals surface area contributed by atoms with Gasteiger partial charge in [-0.1, -0.05) is 6.42 Å². The molecule has 1 aromatic carbocycles. The van der Waals surface area contributed by atoms with Crippen LogP contribution in [-0.4, -0.2) is 26.7 Å². The van der Waals surface area contributed by atoms with Gasteiger partial charge >= 0.3 is 5.97 Å². The largest absolute Gasteiger partial charge is 0.469 e. The lowest BCUT2D eigenvalue weighted by Crippen LogP contribution is -2.35. The summed E-state index contributed by atoms with van der Waals surface area (Å²) < 4.78 is 57.5. The van der Waals surface area contributed by atoms with Crippen molar-refractivity contribution in [3.05, 3.63) is 29.8 Å². The zero-order valence-electron chi connectivity index (χ0n) is 11.3. The Hall–Kier alpha value is -1.70. The minimum Gasteiger partial charge on any atom is -0.469 e. The molecule has 0 amide bonds. The second-order valence-electron chi connectivity index (χ2n) is 4.90. The molecule has 21 heavy (non-hydrogen) atoms. The fourth-order valence-corrected chi connectivity index (χ4v) is 4.33. The van der Waals surface area contributed by atoms with E-state index < -0.39 is 38.8 Å². The number of carbonyl (C=O) groups is 1. The Bertz CT molecular complexity index is 627. The van der Waals surface area contributed by atoms with E-state index in [0.29, 0.717) is 25.3 Å². The Morgan fingerprint density at radius 2 is 1.86 bits per heavy atom. The standard InChI is InChI=1S/C13H15F2NO4S/c1-20-13(17)11-3-2-4-12(11)21(18,19)16-10-6-8(14)5-9(15)7-10/h5-7,11-12,16H,2-4H2,1H3. The summed E-state index contributed by atoms with van der Waals surface area (Å²) in [6.07, 6.45) is 1.28. The Labute approximate surface area is 121 Å². The molecule has 116 valence electrons. The number of ether oxygens (including phenoxy) is 1. The zero-order valence-corrected chi connectivity index (χ0v) is 12.1. The van der Waals surface area contributed by atoms with Crippen molar-refractivity contribution in [1.82, 2.24) is 0 Å². The van der Waals surface area contributed by atoms with Crippen molar-refractivity contribution in [2.75, 3.05) is 11.8 Å². The van der Waals surface area contributed by atoms with Crippen LogP contribution >= 0.6 is 0 Å². The lowest BCUT2D eigenvalue weighted by atomic mass is 10.1. The molecular formula is C13H15F2NO4S. The van der Waals surface area contributed by atoms with Crippen LogP contribution in [0.25, 0.3) is 0 Å². The number of carbonyl (C=O) groups excluding carboxylic acids is 1. The molecule has 2 unspecified atom stereocenters. The van der Waals surface area contributed by atoms with Crippen LogP contribution in [0, 0.1) is 17.6 Å². The van der Waals surface area contributed by atoms with Crippen LogP contribution in [0.15, 0.2) is 18.2 Å². The second kappa shape index (κ2) is 5.97. The minimum absolute atomic E-state index is 0.206. The lowest BCUT2D eigenvalue weighted by Gasteiger charge is -2.19. The maximum Gasteiger partial charge on any atom is 0.310 e. The summed E-state index contributed by atoms with van der Waals surface area (Å²) in [6.45, 7) is 0. The molecule has 0 aliphatic heterocycles. The number of methoxy groups -OCH3 is 1. The van der Waals surface area contributed by atoms with Gasteiger partial charge in [0.05, 0.1) is 24.0 Å². The Kier molecular flexibility index (Phi) is 4.46. The number of benzene rings is 1. The molecule has 0 radical (unpaired) electrons. The summed E-state index contributed by atoms with van der Waals surface area (Å²) in [5, 5.41) is -0.962. The maximum atomic E-state index is 13.1. The SMILES string of the molecule is COC(=O)C1CCCC1S(=O)(=O)Nc1cc(F)cc(F)c1. The first-order valence-corrected chi connectivity index (χ1v) is 7.93. The highest BCUT2D eigenvalue weighted by molar-refractivity contribution is 7.93. The fourth-order valence-electron chi connectivity index (χ4n) is 2.57. The van der Waals surface area contributed by atoms with Crippen molar-refractivity contribution in [2.24, 2.45) is 5.92 Å². The van der Waals surface area contributed by atoms with E-state index in [1.165, 1.54) is 7.11 Å². The van der Waals surface area contributed by atoms with Crippen LogP contribution < -0.4 is 4.72 Å². The molecule has 1 aromatic rings. The highest BCUT2D eigenvalue weighted by Gasteiger charge is 2.42. The summed E-state index contributed by atoms with van der Waals surface area (Å²) in [7, 11) is -2.74. The number of nitrogens with one attached hydrogen (secondary N) is 1. The third-order valence-corrected chi connectivity index (χ3v) is 5.36. The molecule has 1 aliphatic rings. The van der Waals surface area contributed by atoms with Crippen molar-refractivity contribution < 1.29 is 26.7 Å². The predicted octanol–water partition coefficient (Wildman–Crippen LogP) is 2.05. The molecule has 0 heterocycles. The van der Waals surface area contributed by atoms with Crippen LogP contribution in [0.5, 0.6) is 0 Å². The third kappa shape index (κ3) is 3.49. The molecular weight excluding hydrogens is 304 g/mol. The molecule has 0 bridgehead atoms. The third-order valence-electron chi connectivity index (χ3n) is 3.48. The number of halogens is 2. The molecule has 2 rings (SSSR count). The topological polar surface area (TPSA) is 72.5 Å². The van der Waals surface area contributed by atoms with E-state index in [1.807, 2.05) is 0 Å². The predicted molar refractivity (Wildman–Crippen MR) is 72.0 cm³/mol. The molecule has 5 nitrogen and oxygen atoms in total. The molecule has 2 atom stereocenters.